The maximum atomic E-state index is 6.17. The number of likely N-dealkylation sites (N-methyl/N-ethyl adjacent to an activating group) is 2. The lowest BCUT2D eigenvalue weighted by molar-refractivity contribution is 0.0572. The Morgan fingerprint density at radius 3 is 2.62 bits per heavy atom. The summed E-state index contributed by atoms with van der Waals surface area (Å²) in [7, 11) is 4.34. The fraction of sp³-hybridized carbons (Fsp3) is 0.688. The average molecular weight is 311 g/mol. The third kappa shape index (κ3) is 3.33. The zero-order valence-corrected chi connectivity index (χ0v) is 14.1. The third-order valence-electron chi connectivity index (χ3n) is 4.78. The molecule has 4 nitrogen and oxygen atoms in total. The number of anilines is 1. The van der Waals surface area contributed by atoms with Gasteiger partial charge < -0.3 is 16.0 Å². The molecular formula is C16H27ClN4. The first-order valence-corrected chi connectivity index (χ1v) is 8.21. The number of nitrogens with two attached hydrogens (primary N) is 1. The van der Waals surface area contributed by atoms with Crippen molar-refractivity contribution in [3.8, 4) is 0 Å². The van der Waals surface area contributed by atoms with Crippen molar-refractivity contribution >= 4 is 17.4 Å². The number of hydrogen-bond donors (Lipinski definition) is 2. The zero-order chi connectivity index (χ0) is 15.5. The second-order valence-electron chi connectivity index (χ2n) is 6.18. The summed E-state index contributed by atoms with van der Waals surface area (Å²) in [6.07, 6.45) is 7.79. The molecule has 2 rings (SSSR count). The van der Waals surface area contributed by atoms with Crippen LogP contribution in [-0.4, -0.2) is 36.1 Å². The van der Waals surface area contributed by atoms with Crippen molar-refractivity contribution in [2.75, 3.05) is 26.4 Å². The predicted octanol–water partition coefficient (Wildman–Crippen LogP) is 3.23. The van der Waals surface area contributed by atoms with Crippen LogP contribution < -0.4 is 11.1 Å². The highest BCUT2D eigenvalue weighted by Gasteiger charge is 2.43. The number of halogens is 1. The molecule has 1 atom stereocenters. The van der Waals surface area contributed by atoms with Crippen LogP contribution in [0.4, 0.5) is 5.82 Å². The zero-order valence-electron chi connectivity index (χ0n) is 13.3. The Morgan fingerprint density at radius 1 is 1.38 bits per heavy atom. The Balaban J connectivity index is 2.47. The average Bonchev–Trinajstić information content (AvgIpc) is 2.48. The number of nitrogens with one attached hydrogen (secondary N) is 1. The number of rotatable bonds is 5. The lowest BCUT2D eigenvalue weighted by Gasteiger charge is -2.49. The number of nitrogen functional groups attached to an aromatic ring is 1. The fourth-order valence-electron chi connectivity index (χ4n) is 3.65. The smallest absolute Gasteiger partial charge is 0.128 e. The fourth-order valence-corrected chi connectivity index (χ4v) is 3.81. The minimum atomic E-state index is 0.0781. The first-order valence-electron chi connectivity index (χ1n) is 7.83. The van der Waals surface area contributed by atoms with E-state index in [1.165, 1.54) is 32.1 Å². The summed E-state index contributed by atoms with van der Waals surface area (Å²) in [5, 5.41) is 4.28. The summed E-state index contributed by atoms with van der Waals surface area (Å²) >= 11 is 6.17. The highest BCUT2D eigenvalue weighted by Crippen LogP contribution is 2.43. The van der Waals surface area contributed by atoms with Gasteiger partial charge in [0.05, 0.1) is 11.1 Å². The first-order chi connectivity index (χ1) is 10.0. The van der Waals surface area contributed by atoms with Crippen LogP contribution in [0.25, 0.3) is 0 Å². The maximum Gasteiger partial charge on any atom is 0.128 e. The van der Waals surface area contributed by atoms with E-state index in [0.29, 0.717) is 10.8 Å². The van der Waals surface area contributed by atoms with Crippen LogP contribution in [0.2, 0.25) is 5.02 Å². The Labute approximate surface area is 133 Å². The minimum absolute atomic E-state index is 0.0781. The van der Waals surface area contributed by atoms with E-state index in [2.05, 4.69) is 36.2 Å². The molecule has 1 heterocycles. The number of nitrogens with zero attached hydrogens (tertiary/aromatic N) is 2. The van der Waals surface area contributed by atoms with Crippen LogP contribution in [0.5, 0.6) is 0 Å². The van der Waals surface area contributed by atoms with E-state index >= 15 is 0 Å². The molecular weight excluding hydrogens is 284 g/mol. The van der Waals surface area contributed by atoms with E-state index in [1.807, 2.05) is 6.07 Å². The quantitative estimate of drug-likeness (QED) is 0.876. The molecule has 1 unspecified atom stereocenters. The van der Waals surface area contributed by atoms with Crippen LogP contribution in [0.1, 0.15) is 50.6 Å². The lowest BCUT2D eigenvalue weighted by atomic mass is 9.73. The van der Waals surface area contributed by atoms with Gasteiger partial charge in [0.15, 0.2) is 0 Å². The number of pyridine rings is 1. The Bertz CT molecular complexity index is 469. The molecule has 3 N–H and O–H groups in total. The lowest BCUT2D eigenvalue weighted by Crippen LogP contribution is -2.55. The summed E-state index contributed by atoms with van der Waals surface area (Å²) in [4.78, 5) is 6.62. The molecule has 0 radical (unpaired) electrons. The molecule has 1 aliphatic rings. The molecule has 1 saturated carbocycles. The van der Waals surface area contributed by atoms with Crippen molar-refractivity contribution in [2.24, 2.45) is 0 Å². The van der Waals surface area contributed by atoms with Gasteiger partial charge >= 0.3 is 0 Å². The van der Waals surface area contributed by atoms with E-state index in [4.69, 9.17) is 17.3 Å². The standard InChI is InChI=1S/C16H27ClN4/c1-4-19-14(13-10-12(17)11-20-15(13)18)16(21(2)3)8-6-5-7-9-16/h10-11,14,19H,4-9H2,1-3H3,(H2,18,20). The molecule has 0 aliphatic heterocycles. The van der Waals surface area contributed by atoms with Gasteiger partial charge in [-0.25, -0.2) is 4.98 Å². The van der Waals surface area contributed by atoms with Crippen molar-refractivity contribution in [1.29, 1.82) is 0 Å². The largest absolute Gasteiger partial charge is 0.383 e. The monoisotopic (exact) mass is 310 g/mol. The molecule has 1 aromatic rings. The highest BCUT2D eigenvalue weighted by molar-refractivity contribution is 6.30. The van der Waals surface area contributed by atoms with Crippen LogP contribution in [0, 0.1) is 0 Å². The van der Waals surface area contributed by atoms with Gasteiger partial charge in [-0.05, 0) is 39.5 Å². The highest BCUT2D eigenvalue weighted by atomic mass is 35.5. The maximum absolute atomic E-state index is 6.17. The van der Waals surface area contributed by atoms with Crippen molar-refractivity contribution in [2.45, 2.75) is 50.6 Å². The van der Waals surface area contributed by atoms with E-state index in [-0.39, 0.29) is 11.6 Å². The van der Waals surface area contributed by atoms with E-state index < -0.39 is 0 Å². The molecule has 0 spiro atoms. The van der Waals surface area contributed by atoms with Crippen molar-refractivity contribution in [3.63, 3.8) is 0 Å². The second kappa shape index (κ2) is 6.95. The molecule has 1 fully saturated rings. The minimum Gasteiger partial charge on any atom is -0.383 e. The molecule has 118 valence electrons. The Hall–Kier alpha value is -0.840. The Morgan fingerprint density at radius 2 is 2.05 bits per heavy atom. The van der Waals surface area contributed by atoms with Gasteiger partial charge in [0.25, 0.3) is 0 Å². The van der Waals surface area contributed by atoms with Crippen LogP contribution in [0.3, 0.4) is 0 Å². The van der Waals surface area contributed by atoms with E-state index in [0.717, 1.165) is 12.1 Å². The van der Waals surface area contributed by atoms with Crippen molar-refractivity contribution < 1.29 is 0 Å². The molecule has 0 bridgehead atoms. The van der Waals surface area contributed by atoms with Crippen molar-refractivity contribution in [3.05, 3.63) is 22.8 Å². The number of hydrogen-bond acceptors (Lipinski definition) is 4. The normalized spacial score (nSPS) is 19.7. The SMILES string of the molecule is CCNC(c1cc(Cl)cnc1N)C1(N(C)C)CCCCC1. The molecule has 1 aromatic heterocycles. The molecule has 5 heteroatoms. The third-order valence-corrected chi connectivity index (χ3v) is 4.99. The molecule has 21 heavy (non-hydrogen) atoms. The van der Waals surface area contributed by atoms with Gasteiger partial charge in [0, 0.05) is 17.3 Å². The van der Waals surface area contributed by atoms with Gasteiger partial charge in [-0.3, -0.25) is 0 Å². The van der Waals surface area contributed by atoms with Crippen LogP contribution in [0.15, 0.2) is 12.3 Å². The van der Waals surface area contributed by atoms with Gasteiger partial charge in [-0.1, -0.05) is 37.8 Å². The van der Waals surface area contributed by atoms with E-state index in [1.54, 1.807) is 6.20 Å². The van der Waals surface area contributed by atoms with Gasteiger partial charge in [0.2, 0.25) is 0 Å². The Kier molecular flexibility index (Phi) is 5.47. The summed E-state index contributed by atoms with van der Waals surface area (Å²) in [6.45, 7) is 3.03. The van der Waals surface area contributed by atoms with Crippen molar-refractivity contribution in [1.82, 2.24) is 15.2 Å². The first kappa shape index (κ1) is 16.5. The molecule has 1 aliphatic carbocycles. The van der Waals surface area contributed by atoms with Crippen LogP contribution in [-0.2, 0) is 0 Å². The topological polar surface area (TPSA) is 54.2 Å². The molecule has 0 aromatic carbocycles. The van der Waals surface area contributed by atoms with Gasteiger partial charge in [-0.2, -0.15) is 0 Å². The summed E-state index contributed by atoms with van der Waals surface area (Å²) in [5.74, 6) is 0.581. The van der Waals surface area contributed by atoms with Gasteiger partial charge in [-0.15, -0.1) is 0 Å². The van der Waals surface area contributed by atoms with Crippen LogP contribution >= 0.6 is 11.6 Å². The molecule has 0 saturated heterocycles. The summed E-state index contributed by atoms with van der Waals surface area (Å²) in [5.41, 5.74) is 7.26. The van der Waals surface area contributed by atoms with Gasteiger partial charge in [0.1, 0.15) is 5.82 Å². The molecule has 0 amide bonds. The second-order valence-corrected chi connectivity index (χ2v) is 6.61. The number of aromatic nitrogens is 1. The predicted molar refractivity (Wildman–Crippen MR) is 89.6 cm³/mol. The summed E-state index contributed by atoms with van der Waals surface area (Å²) < 4.78 is 0. The summed E-state index contributed by atoms with van der Waals surface area (Å²) in [6, 6.07) is 2.13. The van der Waals surface area contributed by atoms with E-state index in [9.17, 15) is 0 Å².